The van der Waals surface area contributed by atoms with Gasteiger partial charge in [-0.3, -0.25) is 4.79 Å². The molecule has 0 saturated carbocycles. The van der Waals surface area contributed by atoms with Crippen LogP contribution in [0.2, 0.25) is 0 Å². The molecule has 0 aliphatic rings. The van der Waals surface area contributed by atoms with Crippen molar-refractivity contribution >= 4 is 27.4 Å². The van der Waals surface area contributed by atoms with Gasteiger partial charge in [-0.15, -0.1) is 0 Å². The van der Waals surface area contributed by atoms with Crippen LogP contribution < -0.4 is 10.1 Å². The van der Waals surface area contributed by atoms with Gasteiger partial charge in [0, 0.05) is 0 Å². The van der Waals surface area contributed by atoms with Gasteiger partial charge in [0.1, 0.15) is 11.5 Å². The molecule has 2 aromatic carbocycles. The Labute approximate surface area is 158 Å². The Hall–Kier alpha value is -2.87. The molecule has 0 spiro atoms. The largest absolute Gasteiger partial charge is 0.495 e. The second-order valence-electron chi connectivity index (χ2n) is 5.70. The molecule has 1 amide bonds. The predicted octanol–water partition coefficient (Wildman–Crippen LogP) is 2.43. The molecule has 7 nitrogen and oxygen atoms in total. The molecule has 0 bridgehead atoms. The van der Waals surface area contributed by atoms with E-state index in [1.54, 1.807) is 49.4 Å². The molecule has 0 unspecified atom stereocenters. The first-order chi connectivity index (χ1) is 12.8. The molecule has 144 valence electrons. The lowest BCUT2D eigenvalue weighted by Crippen LogP contribution is -2.24. The molecule has 0 heterocycles. The Bertz CT molecular complexity index is 923. The van der Waals surface area contributed by atoms with E-state index >= 15 is 0 Å². The van der Waals surface area contributed by atoms with E-state index in [1.165, 1.54) is 13.2 Å². The molecule has 0 aliphatic heterocycles. The second kappa shape index (κ2) is 9.18. The third-order valence-electron chi connectivity index (χ3n) is 3.56. The van der Waals surface area contributed by atoms with E-state index in [-0.39, 0.29) is 17.9 Å². The zero-order valence-corrected chi connectivity index (χ0v) is 15.9. The number of rotatable bonds is 8. The zero-order chi connectivity index (χ0) is 19.9. The minimum absolute atomic E-state index is 0.227. The standard InChI is InChI=1S/C19H21NO6S/c1-3-26-19(22)15-8-6-7-14(11-15)12-27(23,24)13-18(21)20-16-9-4-5-10-17(16)25-2/h4-11H,3,12-13H2,1-2H3,(H,20,21). The summed E-state index contributed by atoms with van der Waals surface area (Å²) in [7, 11) is -2.28. The summed E-state index contributed by atoms with van der Waals surface area (Å²) >= 11 is 0. The number of esters is 1. The zero-order valence-electron chi connectivity index (χ0n) is 15.1. The third-order valence-corrected chi connectivity index (χ3v) is 5.03. The Morgan fingerprint density at radius 1 is 1.07 bits per heavy atom. The molecule has 0 fully saturated rings. The molecular weight excluding hydrogens is 370 g/mol. The van der Waals surface area contributed by atoms with Crippen LogP contribution in [0.1, 0.15) is 22.8 Å². The highest BCUT2D eigenvalue weighted by atomic mass is 32.2. The topological polar surface area (TPSA) is 98.8 Å². The van der Waals surface area contributed by atoms with Crippen LogP contribution in [0.25, 0.3) is 0 Å². The number of amides is 1. The first-order valence-electron chi connectivity index (χ1n) is 8.24. The number of anilines is 1. The molecule has 8 heteroatoms. The van der Waals surface area contributed by atoms with E-state index < -0.39 is 27.5 Å². The second-order valence-corrected chi connectivity index (χ2v) is 7.77. The van der Waals surface area contributed by atoms with E-state index in [0.717, 1.165) is 0 Å². The number of carbonyl (C=O) groups is 2. The highest BCUT2D eigenvalue weighted by molar-refractivity contribution is 7.91. The van der Waals surface area contributed by atoms with Gasteiger partial charge in [0.15, 0.2) is 9.84 Å². The fraction of sp³-hybridized carbons (Fsp3) is 0.263. The van der Waals surface area contributed by atoms with Crippen LogP contribution in [0, 0.1) is 0 Å². The molecular formula is C19H21NO6S. The highest BCUT2D eigenvalue weighted by Gasteiger charge is 2.19. The van der Waals surface area contributed by atoms with Gasteiger partial charge in [-0.25, -0.2) is 13.2 Å². The maximum Gasteiger partial charge on any atom is 0.338 e. The van der Waals surface area contributed by atoms with Crippen LogP contribution in [0.5, 0.6) is 5.75 Å². The average molecular weight is 391 g/mol. The Morgan fingerprint density at radius 3 is 2.52 bits per heavy atom. The van der Waals surface area contributed by atoms with Crippen molar-refractivity contribution < 1.29 is 27.5 Å². The number of methoxy groups -OCH3 is 1. The fourth-order valence-electron chi connectivity index (χ4n) is 2.44. The highest BCUT2D eigenvalue weighted by Crippen LogP contribution is 2.23. The molecule has 0 saturated heterocycles. The monoisotopic (exact) mass is 391 g/mol. The number of hydrogen-bond acceptors (Lipinski definition) is 6. The molecule has 0 aliphatic carbocycles. The summed E-state index contributed by atoms with van der Waals surface area (Å²) in [5.41, 5.74) is 1.07. The van der Waals surface area contributed by atoms with Crippen LogP contribution in [0.3, 0.4) is 0 Å². The molecule has 0 atom stereocenters. The summed E-state index contributed by atoms with van der Waals surface area (Å²) in [4.78, 5) is 23.9. The summed E-state index contributed by atoms with van der Waals surface area (Å²) < 4.78 is 34.7. The smallest absolute Gasteiger partial charge is 0.338 e. The lowest BCUT2D eigenvalue weighted by Gasteiger charge is -2.10. The van der Waals surface area contributed by atoms with Gasteiger partial charge in [-0.1, -0.05) is 24.3 Å². The van der Waals surface area contributed by atoms with Crippen molar-refractivity contribution in [2.24, 2.45) is 0 Å². The van der Waals surface area contributed by atoms with Gasteiger partial charge < -0.3 is 14.8 Å². The first kappa shape index (κ1) is 20.4. The number of nitrogens with one attached hydrogen (secondary N) is 1. The molecule has 2 aromatic rings. The van der Waals surface area contributed by atoms with Gasteiger partial charge in [0.2, 0.25) is 5.91 Å². The van der Waals surface area contributed by atoms with Crippen molar-refractivity contribution in [3.8, 4) is 5.75 Å². The van der Waals surface area contributed by atoms with Crippen molar-refractivity contribution in [2.45, 2.75) is 12.7 Å². The van der Waals surface area contributed by atoms with Crippen molar-refractivity contribution in [2.75, 3.05) is 24.8 Å². The van der Waals surface area contributed by atoms with E-state index in [1.807, 2.05) is 0 Å². The summed E-state index contributed by atoms with van der Waals surface area (Å²) in [6.07, 6.45) is 0. The Balaban J connectivity index is 2.05. The van der Waals surface area contributed by atoms with E-state index in [4.69, 9.17) is 9.47 Å². The van der Waals surface area contributed by atoms with Gasteiger partial charge in [-0.2, -0.15) is 0 Å². The third kappa shape index (κ3) is 6.10. The Morgan fingerprint density at radius 2 is 1.81 bits per heavy atom. The van der Waals surface area contributed by atoms with Crippen LogP contribution in [-0.2, 0) is 25.1 Å². The Kier molecular flexibility index (Phi) is 6.95. The van der Waals surface area contributed by atoms with Gasteiger partial charge in [-0.05, 0) is 36.8 Å². The maximum atomic E-state index is 12.4. The van der Waals surface area contributed by atoms with Gasteiger partial charge >= 0.3 is 5.97 Å². The predicted molar refractivity (Wildman–Crippen MR) is 102 cm³/mol. The first-order valence-corrected chi connectivity index (χ1v) is 10.1. The van der Waals surface area contributed by atoms with Crippen molar-refractivity contribution in [3.63, 3.8) is 0 Å². The molecule has 0 radical (unpaired) electrons. The van der Waals surface area contributed by atoms with Crippen LogP contribution in [-0.4, -0.2) is 39.8 Å². The van der Waals surface area contributed by atoms with E-state index in [0.29, 0.717) is 17.0 Å². The SMILES string of the molecule is CCOC(=O)c1cccc(CS(=O)(=O)CC(=O)Nc2ccccc2OC)c1. The molecule has 0 aromatic heterocycles. The molecule has 2 rings (SSSR count). The summed E-state index contributed by atoms with van der Waals surface area (Å²) in [6, 6.07) is 12.9. The summed E-state index contributed by atoms with van der Waals surface area (Å²) in [5, 5.41) is 2.53. The number of ether oxygens (including phenoxy) is 2. The van der Waals surface area contributed by atoms with Crippen LogP contribution >= 0.6 is 0 Å². The van der Waals surface area contributed by atoms with E-state index in [2.05, 4.69) is 5.32 Å². The number of hydrogen-bond donors (Lipinski definition) is 1. The molecule has 1 N–H and O–H groups in total. The fourth-order valence-corrected chi connectivity index (χ4v) is 3.70. The average Bonchev–Trinajstić information content (AvgIpc) is 2.61. The van der Waals surface area contributed by atoms with E-state index in [9.17, 15) is 18.0 Å². The van der Waals surface area contributed by atoms with Crippen molar-refractivity contribution in [1.29, 1.82) is 0 Å². The maximum absolute atomic E-state index is 12.4. The quantitative estimate of drug-likeness (QED) is 0.694. The van der Waals surface area contributed by atoms with Crippen molar-refractivity contribution in [1.82, 2.24) is 0 Å². The lowest BCUT2D eigenvalue weighted by atomic mass is 10.1. The minimum Gasteiger partial charge on any atom is -0.495 e. The van der Waals surface area contributed by atoms with Crippen LogP contribution in [0.15, 0.2) is 48.5 Å². The normalized spacial score (nSPS) is 10.9. The number of sulfone groups is 1. The number of carbonyl (C=O) groups excluding carboxylic acids is 2. The lowest BCUT2D eigenvalue weighted by molar-refractivity contribution is -0.113. The van der Waals surface area contributed by atoms with Crippen molar-refractivity contribution in [3.05, 3.63) is 59.7 Å². The number of para-hydroxylation sites is 2. The molecule has 27 heavy (non-hydrogen) atoms. The summed E-state index contributed by atoms with van der Waals surface area (Å²) in [6.45, 7) is 1.91. The van der Waals surface area contributed by atoms with Gasteiger partial charge in [0.25, 0.3) is 0 Å². The number of benzene rings is 2. The summed E-state index contributed by atoms with van der Waals surface area (Å²) in [5.74, 6) is -1.80. The van der Waals surface area contributed by atoms with Crippen LogP contribution in [0.4, 0.5) is 5.69 Å². The minimum atomic E-state index is -3.73. The van der Waals surface area contributed by atoms with Gasteiger partial charge in [0.05, 0.1) is 30.7 Å².